The van der Waals surface area contributed by atoms with E-state index >= 15 is 0 Å². The van der Waals surface area contributed by atoms with Crippen LogP contribution in [-0.4, -0.2) is 36.4 Å². The molecule has 1 aromatic heterocycles. The molecule has 5 nitrogen and oxygen atoms in total. The minimum Gasteiger partial charge on any atom is -0.379 e. The van der Waals surface area contributed by atoms with Gasteiger partial charge < -0.3 is 15.0 Å². The zero-order valence-electron chi connectivity index (χ0n) is 8.11. The fourth-order valence-electron chi connectivity index (χ4n) is 1.51. The molecule has 0 spiro atoms. The Morgan fingerprint density at radius 1 is 1.43 bits per heavy atom. The molecule has 1 aromatic rings. The number of nitrogens with zero attached hydrogens (tertiary/aromatic N) is 2. The molecule has 0 amide bonds. The summed E-state index contributed by atoms with van der Waals surface area (Å²) in [6.07, 6.45) is 0. The lowest BCUT2D eigenvalue weighted by molar-refractivity contribution is 0.0305. The number of hydrogen-bond donors (Lipinski definition) is 1. The Morgan fingerprint density at radius 2 is 2.21 bits per heavy atom. The molecule has 2 rings (SSSR count). The van der Waals surface area contributed by atoms with Gasteiger partial charge >= 0.3 is 0 Å². The van der Waals surface area contributed by atoms with Crippen LogP contribution in [0, 0.1) is 0 Å². The molecule has 0 radical (unpaired) electrons. The van der Waals surface area contributed by atoms with E-state index in [1.807, 2.05) is 6.07 Å². The number of nitrogens with two attached hydrogens (primary N) is 1. The van der Waals surface area contributed by atoms with E-state index in [0.717, 1.165) is 44.3 Å². The molecular formula is C9H15N3O2. The highest BCUT2D eigenvalue weighted by atomic mass is 16.5. The molecule has 14 heavy (non-hydrogen) atoms. The molecule has 0 unspecified atom stereocenters. The zero-order valence-corrected chi connectivity index (χ0v) is 8.11. The maximum Gasteiger partial charge on any atom is 0.151 e. The van der Waals surface area contributed by atoms with E-state index < -0.39 is 0 Å². The minimum atomic E-state index is 0.437. The average Bonchev–Trinajstić information content (AvgIpc) is 2.67. The molecule has 78 valence electrons. The summed E-state index contributed by atoms with van der Waals surface area (Å²) < 4.78 is 10.4. The van der Waals surface area contributed by atoms with E-state index in [-0.39, 0.29) is 0 Å². The molecule has 2 heterocycles. The Labute approximate surface area is 82.8 Å². The van der Waals surface area contributed by atoms with Crippen LogP contribution in [-0.2, 0) is 17.8 Å². The van der Waals surface area contributed by atoms with Crippen LogP contribution in [0.2, 0.25) is 0 Å². The average molecular weight is 197 g/mol. The first-order chi connectivity index (χ1) is 6.88. The number of ether oxygens (including phenoxy) is 1. The largest absolute Gasteiger partial charge is 0.379 e. The summed E-state index contributed by atoms with van der Waals surface area (Å²) in [6, 6.07) is 1.91. The van der Waals surface area contributed by atoms with Gasteiger partial charge in [-0.3, -0.25) is 4.90 Å². The molecule has 1 fully saturated rings. The van der Waals surface area contributed by atoms with Crippen molar-refractivity contribution in [1.82, 2.24) is 10.1 Å². The van der Waals surface area contributed by atoms with Crippen LogP contribution in [0.25, 0.3) is 0 Å². The first-order valence-electron chi connectivity index (χ1n) is 4.83. The van der Waals surface area contributed by atoms with Crippen molar-refractivity contribution < 1.29 is 9.26 Å². The molecule has 0 atom stereocenters. The molecule has 2 N–H and O–H groups in total. The molecule has 0 aromatic carbocycles. The van der Waals surface area contributed by atoms with Crippen LogP contribution in [0.3, 0.4) is 0 Å². The minimum absolute atomic E-state index is 0.437. The number of morpholine rings is 1. The number of rotatable bonds is 3. The van der Waals surface area contributed by atoms with Gasteiger partial charge in [0.2, 0.25) is 0 Å². The van der Waals surface area contributed by atoms with Crippen molar-refractivity contribution in [1.29, 1.82) is 0 Å². The van der Waals surface area contributed by atoms with Crippen molar-refractivity contribution in [2.24, 2.45) is 5.73 Å². The summed E-state index contributed by atoms with van der Waals surface area (Å²) in [5, 5.41) is 3.84. The van der Waals surface area contributed by atoms with Gasteiger partial charge in [-0.1, -0.05) is 5.16 Å². The van der Waals surface area contributed by atoms with Crippen molar-refractivity contribution in [3.8, 4) is 0 Å². The SMILES string of the molecule is NCc1cc(CN2CCOCC2)on1. The van der Waals surface area contributed by atoms with E-state index in [1.54, 1.807) is 0 Å². The van der Waals surface area contributed by atoms with Gasteiger partial charge in [-0.15, -0.1) is 0 Å². The third-order valence-corrected chi connectivity index (χ3v) is 2.30. The smallest absolute Gasteiger partial charge is 0.151 e. The predicted octanol–water partition coefficient (Wildman–Crippen LogP) is -0.0345. The second-order valence-electron chi connectivity index (χ2n) is 3.38. The second kappa shape index (κ2) is 4.54. The van der Waals surface area contributed by atoms with Crippen molar-refractivity contribution in [3.63, 3.8) is 0 Å². The van der Waals surface area contributed by atoms with Crippen molar-refractivity contribution >= 4 is 0 Å². The monoisotopic (exact) mass is 197 g/mol. The number of aromatic nitrogens is 1. The Morgan fingerprint density at radius 3 is 2.86 bits per heavy atom. The third-order valence-electron chi connectivity index (χ3n) is 2.30. The first kappa shape index (κ1) is 9.64. The summed E-state index contributed by atoms with van der Waals surface area (Å²) in [5.74, 6) is 0.882. The van der Waals surface area contributed by atoms with Gasteiger partial charge in [-0.25, -0.2) is 0 Å². The molecule has 0 saturated carbocycles. The van der Waals surface area contributed by atoms with E-state index in [9.17, 15) is 0 Å². The normalized spacial score (nSPS) is 18.6. The summed E-state index contributed by atoms with van der Waals surface area (Å²) in [5.41, 5.74) is 6.25. The Balaban J connectivity index is 1.89. The third kappa shape index (κ3) is 2.31. The van der Waals surface area contributed by atoms with E-state index in [4.69, 9.17) is 15.0 Å². The first-order valence-corrected chi connectivity index (χ1v) is 4.83. The lowest BCUT2D eigenvalue weighted by Gasteiger charge is -2.25. The Kier molecular flexibility index (Phi) is 3.13. The van der Waals surface area contributed by atoms with E-state index in [2.05, 4.69) is 10.1 Å². The van der Waals surface area contributed by atoms with Gasteiger partial charge in [-0.2, -0.15) is 0 Å². The summed E-state index contributed by atoms with van der Waals surface area (Å²) >= 11 is 0. The standard InChI is InChI=1S/C9H15N3O2/c10-6-8-5-9(14-11-8)7-12-1-3-13-4-2-12/h5H,1-4,6-7,10H2. The molecule has 0 aliphatic carbocycles. The quantitative estimate of drug-likeness (QED) is 0.737. The van der Waals surface area contributed by atoms with Crippen LogP contribution in [0.4, 0.5) is 0 Å². The highest BCUT2D eigenvalue weighted by Gasteiger charge is 2.13. The molecular weight excluding hydrogens is 182 g/mol. The topological polar surface area (TPSA) is 64.5 Å². The van der Waals surface area contributed by atoms with Gasteiger partial charge in [0, 0.05) is 25.7 Å². The van der Waals surface area contributed by atoms with Crippen LogP contribution >= 0.6 is 0 Å². The second-order valence-corrected chi connectivity index (χ2v) is 3.38. The summed E-state index contributed by atoms with van der Waals surface area (Å²) in [7, 11) is 0. The van der Waals surface area contributed by atoms with Crippen LogP contribution in [0.5, 0.6) is 0 Å². The fraction of sp³-hybridized carbons (Fsp3) is 0.667. The van der Waals surface area contributed by atoms with Crippen LogP contribution in [0.15, 0.2) is 10.6 Å². The van der Waals surface area contributed by atoms with Crippen molar-refractivity contribution in [2.75, 3.05) is 26.3 Å². The van der Waals surface area contributed by atoms with Gasteiger partial charge in [0.25, 0.3) is 0 Å². The van der Waals surface area contributed by atoms with Gasteiger partial charge in [0.05, 0.1) is 25.5 Å². The fourth-order valence-corrected chi connectivity index (χ4v) is 1.51. The van der Waals surface area contributed by atoms with Crippen LogP contribution in [0.1, 0.15) is 11.5 Å². The van der Waals surface area contributed by atoms with Crippen molar-refractivity contribution in [2.45, 2.75) is 13.1 Å². The van der Waals surface area contributed by atoms with Crippen molar-refractivity contribution in [3.05, 3.63) is 17.5 Å². The zero-order chi connectivity index (χ0) is 9.80. The van der Waals surface area contributed by atoms with Gasteiger partial charge in [0.15, 0.2) is 5.76 Å². The van der Waals surface area contributed by atoms with Crippen LogP contribution < -0.4 is 5.73 Å². The molecule has 0 bridgehead atoms. The Bertz CT molecular complexity index is 281. The van der Waals surface area contributed by atoms with Gasteiger partial charge in [0.1, 0.15) is 0 Å². The summed E-state index contributed by atoms with van der Waals surface area (Å²) in [6.45, 7) is 4.76. The highest BCUT2D eigenvalue weighted by Crippen LogP contribution is 2.08. The summed E-state index contributed by atoms with van der Waals surface area (Å²) in [4.78, 5) is 2.28. The lowest BCUT2D eigenvalue weighted by atomic mass is 10.3. The molecule has 1 aliphatic heterocycles. The molecule has 5 heteroatoms. The highest BCUT2D eigenvalue weighted by molar-refractivity contribution is 5.04. The van der Waals surface area contributed by atoms with E-state index in [0.29, 0.717) is 6.54 Å². The number of hydrogen-bond acceptors (Lipinski definition) is 5. The maximum absolute atomic E-state index is 5.44. The lowest BCUT2D eigenvalue weighted by Crippen LogP contribution is -2.35. The Hall–Kier alpha value is -0.910. The molecule has 1 saturated heterocycles. The van der Waals surface area contributed by atoms with E-state index in [1.165, 1.54) is 0 Å². The predicted molar refractivity (Wildman–Crippen MR) is 50.5 cm³/mol. The molecule has 1 aliphatic rings. The van der Waals surface area contributed by atoms with Gasteiger partial charge in [-0.05, 0) is 0 Å². The maximum atomic E-state index is 5.44.